The molecule has 7 heteroatoms. The lowest BCUT2D eigenvalue weighted by atomic mass is 10.1. The van der Waals surface area contributed by atoms with Crippen molar-refractivity contribution in [2.75, 3.05) is 11.5 Å². The number of hydrogen-bond acceptors (Lipinski definition) is 6. The van der Waals surface area contributed by atoms with Gasteiger partial charge in [-0.1, -0.05) is 18.2 Å². The Balaban J connectivity index is 2.23. The second-order valence-electron chi connectivity index (χ2n) is 7.17. The van der Waals surface area contributed by atoms with Gasteiger partial charge >= 0.3 is 18.1 Å². The molecule has 0 unspecified atom stereocenters. The number of amides is 1. The summed E-state index contributed by atoms with van der Waals surface area (Å²) in [5.41, 5.74) is 1.64. The molecule has 0 aliphatic heterocycles. The van der Waals surface area contributed by atoms with E-state index < -0.39 is 17.7 Å². The lowest BCUT2D eigenvalue weighted by Gasteiger charge is -2.25. The van der Waals surface area contributed by atoms with Gasteiger partial charge in [-0.3, -0.25) is 0 Å². The second-order valence-corrected chi connectivity index (χ2v) is 7.17. The van der Waals surface area contributed by atoms with Gasteiger partial charge in [0.25, 0.3) is 0 Å². The van der Waals surface area contributed by atoms with Crippen LogP contribution in [0.3, 0.4) is 0 Å². The molecular weight excluding hydrogens is 360 g/mol. The largest absolute Gasteiger partial charge is 0.463 e. The number of ether oxygens (including phenoxy) is 2. The van der Waals surface area contributed by atoms with Gasteiger partial charge in [0.15, 0.2) is 0 Å². The summed E-state index contributed by atoms with van der Waals surface area (Å²) < 4.78 is 15.8. The van der Waals surface area contributed by atoms with E-state index in [0.717, 1.165) is 11.1 Å². The average Bonchev–Trinajstić information content (AvgIpc) is 3.03. The van der Waals surface area contributed by atoms with E-state index in [1.54, 1.807) is 40.7 Å². The highest BCUT2D eigenvalue weighted by molar-refractivity contribution is 5.87. The Morgan fingerprint density at radius 2 is 2.04 bits per heavy atom. The first-order valence-electron chi connectivity index (χ1n) is 9.04. The Morgan fingerprint density at radius 3 is 2.64 bits per heavy atom. The van der Waals surface area contributed by atoms with E-state index in [4.69, 9.17) is 13.9 Å². The normalized spacial score (nSPS) is 11.5. The van der Waals surface area contributed by atoms with Crippen molar-refractivity contribution in [1.29, 1.82) is 0 Å². The number of nitrogens with zero attached hydrogens (tertiary/aromatic N) is 2. The number of carbonyl (C=O) groups excluding carboxylic acids is 2. The molecule has 150 valence electrons. The topological polar surface area (TPSA) is 81.9 Å². The van der Waals surface area contributed by atoms with Gasteiger partial charge in [-0.25, -0.2) is 14.5 Å². The first-order valence-corrected chi connectivity index (χ1v) is 9.04. The highest BCUT2D eigenvalue weighted by Crippen LogP contribution is 2.21. The molecule has 0 saturated heterocycles. The number of esters is 1. The fourth-order valence-electron chi connectivity index (χ4n) is 2.33. The Labute approximate surface area is 165 Å². The zero-order chi connectivity index (χ0) is 20.7. The number of aromatic nitrogens is 1. The minimum Gasteiger partial charge on any atom is -0.463 e. The van der Waals surface area contributed by atoms with Gasteiger partial charge in [-0.2, -0.15) is 4.98 Å². The number of hydrogen-bond donors (Lipinski definition) is 0. The molecular formula is C21H26N2O5. The zero-order valence-corrected chi connectivity index (χ0v) is 16.9. The Kier molecular flexibility index (Phi) is 6.98. The van der Waals surface area contributed by atoms with E-state index in [1.165, 1.54) is 17.2 Å². The molecule has 2 aromatic rings. The zero-order valence-electron chi connectivity index (χ0n) is 16.9. The number of carbonyl (C=O) groups is 2. The number of aryl methyl sites for hydroxylation is 1. The van der Waals surface area contributed by atoms with E-state index in [-0.39, 0.29) is 12.6 Å². The summed E-state index contributed by atoms with van der Waals surface area (Å²) in [5, 5.41) is 0. The molecule has 0 spiro atoms. The Bertz CT molecular complexity index is 848. The first kappa shape index (κ1) is 21.2. The number of oxazole rings is 1. The van der Waals surface area contributed by atoms with Gasteiger partial charge < -0.3 is 13.9 Å². The van der Waals surface area contributed by atoms with Gasteiger partial charge in [-0.05, 0) is 57.9 Å². The molecule has 0 fully saturated rings. The van der Waals surface area contributed by atoms with E-state index in [9.17, 15) is 9.59 Å². The Hall–Kier alpha value is -3.09. The summed E-state index contributed by atoms with van der Waals surface area (Å²) in [6.45, 7) is 9.45. The third-order valence-electron chi connectivity index (χ3n) is 3.44. The van der Waals surface area contributed by atoms with Crippen LogP contribution in [-0.2, 0) is 20.8 Å². The summed E-state index contributed by atoms with van der Waals surface area (Å²) >= 11 is 0. The molecule has 0 atom stereocenters. The number of benzene rings is 1. The van der Waals surface area contributed by atoms with E-state index in [0.29, 0.717) is 12.3 Å². The molecule has 0 N–H and O–H groups in total. The average molecular weight is 386 g/mol. The van der Waals surface area contributed by atoms with Crippen LogP contribution >= 0.6 is 0 Å². The van der Waals surface area contributed by atoms with Crippen molar-refractivity contribution in [2.45, 2.75) is 46.8 Å². The van der Waals surface area contributed by atoms with Crippen LogP contribution in [0, 0.1) is 6.92 Å². The van der Waals surface area contributed by atoms with Crippen LogP contribution in [0.2, 0.25) is 0 Å². The van der Waals surface area contributed by atoms with E-state index in [2.05, 4.69) is 4.98 Å². The fraction of sp³-hybridized carbons (Fsp3) is 0.381. The molecule has 1 aromatic carbocycles. The molecule has 28 heavy (non-hydrogen) atoms. The van der Waals surface area contributed by atoms with E-state index in [1.807, 2.05) is 24.3 Å². The maximum Gasteiger partial charge on any atom is 0.418 e. The van der Waals surface area contributed by atoms with Gasteiger partial charge in [-0.15, -0.1) is 0 Å². The van der Waals surface area contributed by atoms with Crippen LogP contribution < -0.4 is 4.90 Å². The van der Waals surface area contributed by atoms with Crippen LogP contribution in [0.25, 0.3) is 6.08 Å². The van der Waals surface area contributed by atoms with Crippen molar-refractivity contribution in [3.05, 3.63) is 53.4 Å². The molecule has 2 rings (SSSR count). The van der Waals surface area contributed by atoms with Crippen LogP contribution in [-0.4, -0.2) is 29.3 Å². The predicted octanol–water partition coefficient (Wildman–Crippen LogP) is 4.50. The fourth-order valence-corrected chi connectivity index (χ4v) is 2.33. The third kappa shape index (κ3) is 6.57. The summed E-state index contributed by atoms with van der Waals surface area (Å²) in [4.78, 5) is 29.7. The van der Waals surface area contributed by atoms with Crippen LogP contribution in [0.1, 0.15) is 44.5 Å². The molecule has 0 aliphatic carbocycles. The van der Waals surface area contributed by atoms with Crippen molar-refractivity contribution in [2.24, 2.45) is 0 Å². The highest BCUT2D eigenvalue weighted by Gasteiger charge is 2.26. The minimum atomic E-state index is -0.652. The molecule has 0 radical (unpaired) electrons. The smallest absolute Gasteiger partial charge is 0.418 e. The van der Waals surface area contributed by atoms with Crippen LogP contribution in [0.15, 0.2) is 41.0 Å². The molecule has 7 nitrogen and oxygen atoms in total. The summed E-state index contributed by atoms with van der Waals surface area (Å²) in [6, 6.07) is 7.59. The van der Waals surface area contributed by atoms with Crippen molar-refractivity contribution in [1.82, 2.24) is 4.98 Å². The summed E-state index contributed by atoms with van der Waals surface area (Å²) in [5.74, 6) is -0.404. The maximum atomic E-state index is 12.7. The lowest BCUT2D eigenvalue weighted by Crippen LogP contribution is -2.36. The standard InChI is InChI=1S/C21H26N2O5/c1-6-26-18(24)11-10-16-8-7-9-17(12-16)13-23(19-22-15(2)14-27-19)20(25)28-21(3,4)5/h7-12,14H,6,13H2,1-5H3/b11-10+. The maximum absolute atomic E-state index is 12.7. The van der Waals surface area contributed by atoms with Crippen LogP contribution in [0.5, 0.6) is 0 Å². The van der Waals surface area contributed by atoms with Gasteiger partial charge in [0, 0.05) is 6.08 Å². The van der Waals surface area contributed by atoms with Crippen molar-refractivity contribution in [3.8, 4) is 0 Å². The predicted molar refractivity (Wildman–Crippen MR) is 106 cm³/mol. The summed E-state index contributed by atoms with van der Waals surface area (Å²) in [6.07, 6.45) is 3.95. The quantitative estimate of drug-likeness (QED) is 0.537. The van der Waals surface area contributed by atoms with Crippen molar-refractivity contribution >= 4 is 24.2 Å². The first-order chi connectivity index (χ1) is 13.2. The SMILES string of the molecule is CCOC(=O)/C=C/c1cccc(CN(C(=O)OC(C)(C)C)c2nc(C)co2)c1. The third-order valence-corrected chi connectivity index (χ3v) is 3.44. The minimum absolute atomic E-state index is 0.166. The summed E-state index contributed by atoms with van der Waals surface area (Å²) in [7, 11) is 0. The van der Waals surface area contributed by atoms with Crippen molar-refractivity contribution in [3.63, 3.8) is 0 Å². The van der Waals surface area contributed by atoms with E-state index >= 15 is 0 Å². The second kappa shape index (κ2) is 9.21. The van der Waals surface area contributed by atoms with Gasteiger partial charge in [0.1, 0.15) is 11.9 Å². The number of anilines is 1. The molecule has 1 amide bonds. The molecule has 1 heterocycles. The highest BCUT2D eigenvalue weighted by atomic mass is 16.6. The van der Waals surface area contributed by atoms with Crippen molar-refractivity contribution < 1.29 is 23.5 Å². The van der Waals surface area contributed by atoms with Gasteiger partial charge in [0.05, 0.1) is 18.8 Å². The van der Waals surface area contributed by atoms with Crippen LogP contribution in [0.4, 0.5) is 10.8 Å². The number of rotatable bonds is 6. The molecule has 0 aliphatic rings. The van der Waals surface area contributed by atoms with Gasteiger partial charge in [0.2, 0.25) is 0 Å². The molecule has 0 saturated carbocycles. The monoisotopic (exact) mass is 386 g/mol. The molecule has 0 bridgehead atoms. The molecule has 1 aromatic heterocycles. The Morgan fingerprint density at radius 1 is 1.29 bits per heavy atom. The lowest BCUT2D eigenvalue weighted by molar-refractivity contribution is -0.137.